The number of nitrogens with one attached hydrogen (secondary N) is 2. The predicted molar refractivity (Wildman–Crippen MR) is 126 cm³/mol. The van der Waals surface area contributed by atoms with E-state index in [1.807, 2.05) is 7.05 Å². The van der Waals surface area contributed by atoms with Crippen molar-refractivity contribution >= 4 is 29.9 Å². The molecule has 7 heteroatoms. The van der Waals surface area contributed by atoms with E-state index in [4.69, 9.17) is 9.47 Å². The van der Waals surface area contributed by atoms with Gasteiger partial charge in [0.15, 0.2) is 5.96 Å². The predicted octanol–water partition coefficient (Wildman–Crippen LogP) is 3.01. The Morgan fingerprint density at radius 3 is 2.46 bits per heavy atom. The zero-order chi connectivity index (χ0) is 19.1. The maximum absolute atomic E-state index is 6.09. The molecule has 0 aromatic carbocycles. The molecule has 6 nitrogen and oxygen atoms in total. The largest absolute Gasteiger partial charge is 0.383 e. The molecule has 0 amide bonds. The highest BCUT2D eigenvalue weighted by molar-refractivity contribution is 14.0. The molecule has 3 rings (SSSR count). The maximum Gasteiger partial charge on any atom is 0.191 e. The molecule has 3 fully saturated rings. The van der Waals surface area contributed by atoms with Crippen molar-refractivity contribution in [2.24, 2.45) is 10.4 Å². The van der Waals surface area contributed by atoms with Gasteiger partial charge in [-0.05, 0) is 39.0 Å². The summed E-state index contributed by atoms with van der Waals surface area (Å²) in [5, 5.41) is 7.46. The van der Waals surface area contributed by atoms with Crippen molar-refractivity contribution in [3.63, 3.8) is 0 Å². The Balaban J connectivity index is 0.00000280. The lowest BCUT2D eigenvalue weighted by molar-refractivity contribution is -0.145. The number of piperidine rings is 1. The Bertz CT molecular complexity index is 477. The van der Waals surface area contributed by atoms with E-state index in [0.717, 1.165) is 45.2 Å². The summed E-state index contributed by atoms with van der Waals surface area (Å²) in [5.74, 6) is 0.982. The van der Waals surface area contributed by atoms with Crippen molar-refractivity contribution in [2.45, 2.75) is 76.5 Å². The molecule has 0 aromatic rings. The van der Waals surface area contributed by atoms with Crippen LogP contribution in [-0.2, 0) is 9.47 Å². The number of ether oxygens (including phenoxy) is 2. The molecule has 2 N–H and O–H groups in total. The Labute approximate surface area is 188 Å². The summed E-state index contributed by atoms with van der Waals surface area (Å²) in [6.45, 7) is 7.09. The Morgan fingerprint density at radius 1 is 1.14 bits per heavy atom. The highest BCUT2D eigenvalue weighted by Crippen LogP contribution is 2.53. The van der Waals surface area contributed by atoms with Crippen LogP contribution in [0.5, 0.6) is 0 Å². The first-order valence-corrected chi connectivity index (χ1v) is 11.0. The van der Waals surface area contributed by atoms with Gasteiger partial charge in [0.05, 0.1) is 12.7 Å². The topological polar surface area (TPSA) is 58.1 Å². The number of likely N-dealkylation sites (tertiary alicyclic amines) is 1. The Morgan fingerprint density at radius 2 is 1.86 bits per heavy atom. The highest BCUT2D eigenvalue weighted by Gasteiger charge is 2.55. The molecule has 2 unspecified atom stereocenters. The second-order valence-electron chi connectivity index (χ2n) is 8.50. The van der Waals surface area contributed by atoms with Gasteiger partial charge in [0.2, 0.25) is 0 Å². The van der Waals surface area contributed by atoms with Crippen molar-refractivity contribution < 1.29 is 9.47 Å². The lowest BCUT2D eigenvalue weighted by Crippen LogP contribution is -2.67. The molecule has 1 aliphatic heterocycles. The maximum atomic E-state index is 6.09. The Hall–Kier alpha value is -0.120. The number of guanidine groups is 1. The molecule has 2 saturated carbocycles. The zero-order valence-electron chi connectivity index (χ0n) is 18.0. The van der Waals surface area contributed by atoms with E-state index in [9.17, 15) is 0 Å². The minimum Gasteiger partial charge on any atom is -0.383 e. The second kappa shape index (κ2) is 11.9. The van der Waals surface area contributed by atoms with Crippen molar-refractivity contribution in [3.8, 4) is 0 Å². The summed E-state index contributed by atoms with van der Waals surface area (Å²) < 4.78 is 11.3. The fraction of sp³-hybridized carbons (Fsp3) is 0.952. The molecular weight excluding hydrogens is 467 g/mol. The smallest absolute Gasteiger partial charge is 0.191 e. The normalized spacial score (nSPS) is 28.5. The van der Waals surface area contributed by atoms with Crippen molar-refractivity contribution in [3.05, 3.63) is 0 Å². The number of hydrogen-bond donors (Lipinski definition) is 2. The van der Waals surface area contributed by atoms with Crippen LogP contribution in [0.2, 0.25) is 0 Å². The first-order valence-electron chi connectivity index (χ1n) is 11.0. The Kier molecular flexibility index (Phi) is 10.3. The number of aliphatic imine (C=N–C) groups is 1. The van der Waals surface area contributed by atoms with Gasteiger partial charge in [-0.2, -0.15) is 0 Å². The van der Waals surface area contributed by atoms with Crippen LogP contribution in [0.15, 0.2) is 4.99 Å². The van der Waals surface area contributed by atoms with Gasteiger partial charge in [-0.3, -0.25) is 4.99 Å². The fourth-order valence-corrected chi connectivity index (χ4v) is 5.32. The minimum atomic E-state index is 0. The van der Waals surface area contributed by atoms with Gasteiger partial charge in [-0.15, -0.1) is 24.0 Å². The third-order valence-corrected chi connectivity index (χ3v) is 7.01. The van der Waals surface area contributed by atoms with E-state index in [1.54, 1.807) is 7.11 Å². The first-order chi connectivity index (χ1) is 13.2. The van der Waals surface area contributed by atoms with Gasteiger partial charge in [-0.1, -0.05) is 19.3 Å². The van der Waals surface area contributed by atoms with Gasteiger partial charge < -0.3 is 25.0 Å². The van der Waals surface area contributed by atoms with Crippen LogP contribution in [0.4, 0.5) is 0 Å². The summed E-state index contributed by atoms with van der Waals surface area (Å²) in [5.41, 5.74) is 0.329. The summed E-state index contributed by atoms with van der Waals surface area (Å²) in [4.78, 5) is 7.04. The van der Waals surface area contributed by atoms with Gasteiger partial charge in [-0.25, -0.2) is 0 Å². The van der Waals surface area contributed by atoms with Crippen LogP contribution in [0.1, 0.15) is 58.3 Å². The van der Waals surface area contributed by atoms with E-state index in [2.05, 4.69) is 27.4 Å². The lowest BCUT2D eigenvalue weighted by Gasteiger charge is -2.58. The second-order valence-corrected chi connectivity index (χ2v) is 8.50. The number of halogens is 1. The molecule has 0 aromatic heterocycles. The van der Waals surface area contributed by atoms with Crippen LogP contribution < -0.4 is 10.6 Å². The molecule has 164 valence electrons. The molecule has 3 aliphatic rings. The van der Waals surface area contributed by atoms with E-state index >= 15 is 0 Å². The summed E-state index contributed by atoms with van der Waals surface area (Å²) in [7, 11) is 3.68. The average Bonchev–Trinajstić information content (AvgIpc) is 2.72. The number of nitrogens with zero attached hydrogens (tertiary/aromatic N) is 2. The minimum absolute atomic E-state index is 0. The van der Waals surface area contributed by atoms with Crippen LogP contribution in [0.3, 0.4) is 0 Å². The molecule has 0 bridgehead atoms. The van der Waals surface area contributed by atoms with Crippen LogP contribution in [0.25, 0.3) is 0 Å². The molecule has 1 spiro atoms. The van der Waals surface area contributed by atoms with E-state index in [-0.39, 0.29) is 24.0 Å². The first kappa shape index (κ1) is 24.2. The van der Waals surface area contributed by atoms with Crippen LogP contribution in [0, 0.1) is 5.41 Å². The SMILES string of the molecule is CCOC1CC(NC(=NC)NC2CCN(CCOC)CC2)C12CCCCC2.I. The molecule has 1 saturated heterocycles. The molecule has 28 heavy (non-hydrogen) atoms. The monoisotopic (exact) mass is 508 g/mol. The zero-order valence-corrected chi connectivity index (χ0v) is 20.4. The van der Waals surface area contributed by atoms with Gasteiger partial charge in [0.25, 0.3) is 0 Å². The summed E-state index contributed by atoms with van der Waals surface area (Å²) in [6.07, 6.45) is 10.5. The van der Waals surface area contributed by atoms with E-state index < -0.39 is 0 Å². The quantitative estimate of drug-likeness (QED) is 0.315. The third kappa shape index (κ3) is 5.73. The van der Waals surface area contributed by atoms with E-state index in [0.29, 0.717) is 23.6 Å². The fourth-order valence-electron chi connectivity index (χ4n) is 5.32. The van der Waals surface area contributed by atoms with Gasteiger partial charge in [0, 0.05) is 57.9 Å². The molecular formula is C21H41IN4O2. The van der Waals surface area contributed by atoms with E-state index in [1.165, 1.54) is 44.9 Å². The molecule has 0 radical (unpaired) electrons. The standard InChI is InChI=1S/C21H40N4O2.HI/c1-4-27-19-16-18(21(19)10-6-5-7-11-21)24-20(22-2)23-17-8-12-25(13-9-17)14-15-26-3;/h17-19H,4-16H2,1-3H3,(H2,22,23,24);1H. The van der Waals surface area contributed by atoms with Crippen LogP contribution >= 0.6 is 24.0 Å². The van der Waals surface area contributed by atoms with Crippen molar-refractivity contribution in [1.29, 1.82) is 0 Å². The third-order valence-electron chi connectivity index (χ3n) is 7.01. The average molecular weight is 508 g/mol. The highest BCUT2D eigenvalue weighted by atomic mass is 127. The molecule has 2 aliphatic carbocycles. The van der Waals surface area contributed by atoms with Gasteiger partial charge in [0.1, 0.15) is 0 Å². The number of rotatable bonds is 7. The summed E-state index contributed by atoms with van der Waals surface area (Å²) >= 11 is 0. The van der Waals surface area contributed by atoms with Crippen molar-refractivity contribution in [1.82, 2.24) is 15.5 Å². The molecule has 1 heterocycles. The number of methoxy groups -OCH3 is 1. The van der Waals surface area contributed by atoms with Crippen molar-refractivity contribution in [2.75, 3.05) is 47.0 Å². The lowest BCUT2D eigenvalue weighted by atomic mass is 9.55. The number of hydrogen-bond acceptors (Lipinski definition) is 4. The molecule has 2 atom stereocenters. The van der Waals surface area contributed by atoms with Crippen LogP contribution in [-0.4, -0.2) is 76.1 Å². The summed E-state index contributed by atoms with van der Waals surface area (Å²) in [6, 6.07) is 1.02. The van der Waals surface area contributed by atoms with Gasteiger partial charge >= 0.3 is 0 Å².